The normalized spacial score (nSPS) is 23.3. The summed E-state index contributed by atoms with van der Waals surface area (Å²) in [7, 11) is 0. The Hall–Kier alpha value is -1.59. The lowest BCUT2D eigenvalue weighted by atomic mass is 10.0. The van der Waals surface area contributed by atoms with Crippen LogP contribution in [-0.4, -0.2) is 29.6 Å². The SMILES string of the molecule is CC1CCNC1C(=O)N[C@@H](C(=O)O)c1ccccc1Cl. The predicted molar refractivity (Wildman–Crippen MR) is 75.5 cm³/mol. The number of rotatable bonds is 4. The minimum Gasteiger partial charge on any atom is -0.479 e. The van der Waals surface area contributed by atoms with Crippen molar-refractivity contribution in [2.75, 3.05) is 6.54 Å². The average molecular weight is 297 g/mol. The Kier molecular flexibility index (Phi) is 4.62. The zero-order valence-electron chi connectivity index (χ0n) is 11.1. The third kappa shape index (κ3) is 3.11. The zero-order chi connectivity index (χ0) is 14.7. The van der Waals surface area contributed by atoms with E-state index < -0.39 is 12.0 Å². The van der Waals surface area contributed by atoms with Gasteiger partial charge < -0.3 is 15.7 Å². The fraction of sp³-hybridized carbons (Fsp3) is 0.429. The fourth-order valence-corrected chi connectivity index (χ4v) is 2.64. The molecule has 1 aromatic rings. The van der Waals surface area contributed by atoms with Gasteiger partial charge in [0, 0.05) is 10.6 Å². The Morgan fingerprint density at radius 3 is 2.70 bits per heavy atom. The van der Waals surface area contributed by atoms with Crippen molar-refractivity contribution in [2.45, 2.75) is 25.4 Å². The molecule has 2 unspecified atom stereocenters. The molecule has 6 heteroatoms. The lowest BCUT2D eigenvalue weighted by Crippen LogP contribution is -2.46. The molecule has 20 heavy (non-hydrogen) atoms. The van der Waals surface area contributed by atoms with Crippen LogP contribution in [0.3, 0.4) is 0 Å². The number of carbonyl (C=O) groups excluding carboxylic acids is 1. The van der Waals surface area contributed by atoms with Crippen molar-refractivity contribution >= 4 is 23.5 Å². The summed E-state index contributed by atoms with van der Waals surface area (Å²) in [4.78, 5) is 23.6. The number of nitrogens with one attached hydrogen (secondary N) is 2. The third-order valence-corrected chi connectivity index (χ3v) is 3.91. The summed E-state index contributed by atoms with van der Waals surface area (Å²) < 4.78 is 0. The number of amides is 1. The second-order valence-corrected chi connectivity index (χ2v) is 5.41. The number of aliphatic carboxylic acids is 1. The van der Waals surface area contributed by atoms with E-state index in [1.165, 1.54) is 0 Å². The van der Waals surface area contributed by atoms with E-state index in [4.69, 9.17) is 11.6 Å². The van der Waals surface area contributed by atoms with Crippen LogP contribution >= 0.6 is 11.6 Å². The highest BCUT2D eigenvalue weighted by Crippen LogP contribution is 2.24. The molecule has 0 bridgehead atoms. The van der Waals surface area contributed by atoms with Gasteiger partial charge in [-0.25, -0.2) is 4.79 Å². The van der Waals surface area contributed by atoms with E-state index in [0.29, 0.717) is 10.6 Å². The quantitative estimate of drug-likeness (QED) is 0.788. The van der Waals surface area contributed by atoms with E-state index >= 15 is 0 Å². The molecule has 0 aliphatic carbocycles. The zero-order valence-corrected chi connectivity index (χ0v) is 11.9. The van der Waals surface area contributed by atoms with Crippen molar-refractivity contribution in [3.8, 4) is 0 Å². The Morgan fingerprint density at radius 2 is 2.15 bits per heavy atom. The molecule has 0 aromatic heterocycles. The molecular formula is C14H17ClN2O3. The summed E-state index contributed by atoms with van der Waals surface area (Å²) in [6.07, 6.45) is 0.905. The van der Waals surface area contributed by atoms with E-state index in [-0.39, 0.29) is 17.9 Å². The minimum absolute atomic E-state index is 0.190. The van der Waals surface area contributed by atoms with Crippen molar-refractivity contribution in [2.24, 2.45) is 5.92 Å². The number of benzene rings is 1. The maximum absolute atomic E-state index is 12.2. The van der Waals surface area contributed by atoms with Gasteiger partial charge in [0.1, 0.15) is 0 Å². The van der Waals surface area contributed by atoms with Gasteiger partial charge in [0.25, 0.3) is 0 Å². The summed E-state index contributed by atoms with van der Waals surface area (Å²) in [5.74, 6) is -1.24. The molecule has 1 aromatic carbocycles. The molecule has 1 saturated heterocycles. The monoisotopic (exact) mass is 296 g/mol. The van der Waals surface area contributed by atoms with Gasteiger partial charge in [-0.15, -0.1) is 0 Å². The van der Waals surface area contributed by atoms with Crippen LogP contribution in [0.2, 0.25) is 5.02 Å². The van der Waals surface area contributed by atoms with E-state index in [0.717, 1.165) is 13.0 Å². The van der Waals surface area contributed by atoms with Gasteiger partial charge in [-0.05, 0) is 24.9 Å². The molecule has 3 N–H and O–H groups in total. The summed E-state index contributed by atoms with van der Waals surface area (Å²) in [5, 5.41) is 15.3. The molecule has 0 saturated carbocycles. The highest BCUT2D eigenvalue weighted by Gasteiger charge is 2.33. The fourth-order valence-electron chi connectivity index (χ4n) is 2.40. The number of carboxylic acids is 1. The van der Waals surface area contributed by atoms with Crippen LogP contribution in [0.5, 0.6) is 0 Å². The van der Waals surface area contributed by atoms with Crippen LogP contribution in [0, 0.1) is 5.92 Å². The molecule has 1 fully saturated rings. The second kappa shape index (κ2) is 6.24. The maximum atomic E-state index is 12.2. The molecule has 1 aliphatic rings. The topological polar surface area (TPSA) is 78.4 Å². The number of hydrogen-bond donors (Lipinski definition) is 3. The average Bonchev–Trinajstić information content (AvgIpc) is 2.83. The lowest BCUT2D eigenvalue weighted by molar-refractivity contribution is -0.142. The Morgan fingerprint density at radius 1 is 1.45 bits per heavy atom. The summed E-state index contributed by atoms with van der Waals surface area (Å²) in [6.45, 7) is 2.73. The Balaban J connectivity index is 2.16. The molecule has 2 rings (SSSR count). The number of carbonyl (C=O) groups is 2. The first kappa shape index (κ1) is 14.8. The van der Waals surface area contributed by atoms with Gasteiger partial charge in [0.15, 0.2) is 6.04 Å². The predicted octanol–water partition coefficient (Wildman–Crippen LogP) is 1.58. The molecule has 0 spiro atoms. The minimum atomic E-state index is -1.13. The third-order valence-electron chi connectivity index (χ3n) is 3.57. The Bertz CT molecular complexity index is 521. The van der Waals surface area contributed by atoms with Crippen LogP contribution in [-0.2, 0) is 9.59 Å². The van der Waals surface area contributed by atoms with E-state index in [9.17, 15) is 14.7 Å². The largest absolute Gasteiger partial charge is 0.479 e. The van der Waals surface area contributed by atoms with Gasteiger partial charge >= 0.3 is 5.97 Å². The van der Waals surface area contributed by atoms with Crippen LogP contribution in [0.4, 0.5) is 0 Å². The lowest BCUT2D eigenvalue weighted by Gasteiger charge is -2.20. The first-order chi connectivity index (χ1) is 9.50. The molecule has 1 heterocycles. The first-order valence-electron chi connectivity index (χ1n) is 6.51. The molecule has 3 atom stereocenters. The molecule has 5 nitrogen and oxygen atoms in total. The van der Waals surface area contributed by atoms with Gasteiger partial charge in [-0.1, -0.05) is 36.7 Å². The van der Waals surface area contributed by atoms with Crippen LogP contribution in [0.15, 0.2) is 24.3 Å². The van der Waals surface area contributed by atoms with Crippen molar-refractivity contribution in [3.05, 3.63) is 34.9 Å². The van der Waals surface area contributed by atoms with Crippen molar-refractivity contribution in [1.29, 1.82) is 0 Å². The van der Waals surface area contributed by atoms with Gasteiger partial charge in [-0.3, -0.25) is 4.79 Å². The summed E-state index contributed by atoms with van der Waals surface area (Å²) in [6, 6.07) is 5.14. The van der Waals surface area contributed by atoms with Crippen molar-refractivity contribution in [1.82, 2.24) is 10.6 Å². The molecule has 1 amide bonds. The van der Waals surface area contributed by atoms with Crippen LogP contribution in [0.1, 0.15) is 24.9 Å². The smallest absolute Gasteiger partial charge is 0.330 e. The highest BCUT2D eigenvalue weighted by molar-refractivity contribution is 6.31. The highest BCUT2D eigenvalue weighted by atomic mass is 35.5. The molecule has 1 aliphatic heterocycles. The maximum Gasteiger partial charge on any atom is 0.330 e. The molecule has 108 valence electrons. The Labute approximate surface area is 122 Å². The van der Waals surface area contributed by atoms with Gasteiger partial charge in [0.2, 0.25) is 5.91 Å². The number of halogens is 1. The summed E-state index contributed by atoms with van der Waals surface area (Å²) in [5.41, 5.74) is 0.390. The van der Waals surface area contributed by atoms with Crippen molar-refractivity contribution in [3.63, 3.8) is 0 Å². The number of hydrogen-bond acceptors (Lipinski definition) is 3. The van der Waals surface area contributed by atoms with Gasteiger partial charge in [-0.2, -0.15) is 0 Å². The van der Waals surface area contributed by atoms with E-state index in [1.807, 2.05) is 6.92 Å². The standard InChI is InChI=1S/C14H17ClN2O3/c1-8-6-7-16-11(8)13(18)17-12(14(19)20)9-4-2-3-5-10(9)15/h2-5,8,11-12,16H,6-7H2,1H3,(H,17,18)(H,19,20)/t8?,11?,12-/m1/s1. The van der Waals surface area contributed by atoms with E-state index in [1.54, 1.807) is 24.3 Å². The second-order valence-electron chi connectivity index (χ2n) is 5.00. The number of carboxylic acid groups (broad SMARTS) is 1. The van der Waals surface area contributed by atoms with Gasteiger partial charge in [0.05, 0.1) is 6.04 Å². The van der Waals surface area contributed by atoms with E-state index in [2.05, 4.69) is 10.6 Å². The first-order valence-corrected chi connectivity index (χ1v) is 6.89. The van der Waals surface area contributed by atoms with Crippen LogP contribution < -0.4 is 10.6 Å². The molecule has 0 radical (unpaired) electrons. The van der Waals surface area contributed by atoms with Crippen molar-refractivity contribution < 1.29 is 14.7 Å². The summed E-state index contributed by atoms with van der Waals surface area (Å²) >= 11 is 6.00. The van der Waals surface area contributed by atoms with Crippen LogP contribution in [0.25, 0.3) is 0 Å². The molecular weight excluding hydrogens is 280 g/mol.